The van der Waals surface area contributed by atoms with Crippen LogP contribution in [0, 0.1) is 6.92 Å². The minimum atomic E-state index is -3.80. The number of hydrogen-bond acceptors (Lipinski definition) is 4. The van der Waals surface area contributed by atoms with Gasteiger partial charge in [0.2, 0.25) is 0 Å². The van der Waals surface area contributed by atoms with Crippen molar-refractivity contribution in [3.8, 4) is 0 Å². The van der Waals surface area contributed by atoms with Gasteiger partial charge in [0.05, 0.1) is 5.69 Å². The molecule has 2 aromatic rings. The molecule has 1 amide bonds. The van der Waals surface area contributed by atoms with Gasteiger partial charge in [-0.25, -0.2) is 0 Å². The predicted molar refractivity (Wildman–Crippen MR) is 113 cm³/mol. The molecule has 0 atom stereocenters. The smallest absolute Gasteiger partial charge is 0.286 e. The molecule has 0 aromatic heterocycles. The van der Waals surface area contributed by atoms with Crippen LogP contribution in [0.4, 0.5) is 11.4 Å². The van der Waals surface area contributed by atoms with Crippen molar-refractivity contribution in [2.24, 2.45) is 4.40 Å². The Labute approximate surface area is 166 Å². The van der Waals surface area contributed by atoms with Crippen LogP contribution in [0.15, 0.2) is 51.8 Å². The lowest BCUT2D eigenvalue weighted by Gasteiger charge is -2.30. The van der Waals surface area contributed by atoms with Gasteiger partial charge in [0.1, 0.15) is 10.7 Å². The van der Waals surface area contributed by atoms with Crippen molar-refractivity contribution in [3.63, 3.8) is 0 Å². The average Bonchev–Trinajstić information content (AvgIpc) is 2.67. The van der Waals surface area contributed by atoms with E-state index in [1.54, 1.807) is 24.3 Å². The van der Waals surface area contributed by atoms with E-state index in [0.29, 0.717) is 35.7 Å². The van der Waals surface area contributed by atoms with Crippen LogP contribution in [-0.2, 0) is 10.0 Å². The van der Waals surface area contributed by atoms with Gasteiger partial charge in [-0.05, 0) is 43.2 Å². The van der Waals surface area contributed by atoms with E-state index >= 15 is 0 Å². The summed E-state index contributed by atoms with van der Waals surface area (Å²) in [4.78, 5) is 14.7. The molecule has 1 aliphatic heterocycles. The molecule has 0 aliphatic carbocycles. The number of aryl methyl sites for hydroxylation is 1. The second-order valence-corrected chi connectivity index (χ2v) is 8.37. The number of rotatable bonds is 6. The molecular formula is C21H25N3O3S. The Morgan fingerprint density at radius 3 is 2.57 bits per heavy atom. The highest BCUT2D eigenvalue weighted by molar-refractivity contribution is 7.90. The number of anilines is 2. The van der Waals surface area contributed by atoms with E-state index in [2.05, 4.69) is 16.6 Å². The van der Waals surface area contributed by atoms with Gasteiger partial charge < -0.3 is 10.2 Å². The topological polar surface area (TPSA) is 78.8 Å². The fourth-order valence-corrected chi connectivity index (χ4v) is 4.57. The second-order valence-electron chi connectivity index (χ2n) is 6.79. The third-order valence-electron chi connectivity index (χ3n) is 4.76. The van der Waals surface area contributed by atoms with Crippen molar-refractivity contribution >= 4 is 33.1 Å². The van der Waals surface area contributed by atoms with Crippen LogP contribution < -0.4 is 10.2 Å². The number of unbranched alkanes of at least 4 members (excludes halogenated alkanes) is 1. The van der Waals surface area contributed by atoms with Crippen LogP contribution >= 0.6 is 0 Å². The molecule has 28 heavy (non-hydrogen) atoms. The zero-order valence-electron chi connectivity index (χ0n) is 16.4. The minimum absolute atomic E-state index is 0.128. The number of benzene rings is 2. The summed E-state index contributed by atoms with van der Waals surface area (Å²) in [5.41, 5.74) is 2.46. The van der Waals surface area contributed by atoms with Crippen molar-refractivity contribution < 1.29 is 13.2 Å². The summed E-state index contributed by atoms with van der Waals surface area (Å²) < 4.78 is 29.4. The second kappa shape index (κ2) is 8.14. The fraction of sp³-hybridized carbons (Fsp3) is 0.333. The number of carbonyl (C=O) groups excluding carboxylic acids is 1. The molecule has 3 rings (SSSR count). The van der Waals surface area contributed by atoms with Gasteiger partial charge in [-0.1, -0.05) is 38.5 Å². The Morgan fingerprint density at radius 2 is 1.89 bits per heavy atom. The Morgan fingerprint density at radius 1 is 1.14 bits per heavy atom. The van der Waals surface area contributed by atoms with E-state index in [9.17, 15) is 13.2 Å². The predicted octanol–water partition coefficient (Wildman–Crippen LogP) is 4.36. The average molecular weight is 400 g/mol. The summed E-state index contributed by atoms with van der Waals surface area (Å²) in [5.74, 6) is 0.282. The van der Waals surface area contributed by atoms with Crippen molar-refractivity contribution in [2.45, 2.75) is 44.9 Å². The maximum absolute atomic E-state index is 12.7. The van der Waals surface area contributed by atoms with Crippen LogP contribution in [-0.4, -0.2) is 26.7 Å². The van der Waals surface area contributed by atoms with E-state index < -0.39 is 10.0 Å². The largest absolute Gasteiger partial charge is 0.328 e. The van der Waals surface area contributed by atoms with Crippen molar-refractivity contribution in [2.75, 3.05) is 16.8 Å². The molecule has 0 saturated carbocycles. The molecule has 0 fully saturated rings. The molecule has 1 N–H and O–H groups in total. The SMILES string of the molecule is CCCCN1C(CC)=NS(=O)(=O)c2cc(NC(=O)c3ccccc3C)ccc21. The molecule has 0 bridgehead atoms. The molecule has 6 nitrogen and oxygen atoms in total. The van der Waals surface area contributed by atoms with Gasteiger partial charge in [-0.15, -0.1) is 4.40 Å². The zero-order chi connectivity index (χ0) is 20.3. The summed E-state index contributed by atoms with van der Waals surface area (Å²) in [7, 11) is -3.80. The lowest BCUT2D eigenvalue weighted by atomic mass is 10.1. The third-order valence-corrected chi connectivity index (χ3v) is 6.10. The van der Waals surface area contributed by atoms with Gasteiger partial charge in [0, 0.05) is 24.2 Å². The van der Waals surface area contributed by atoms with E-state index in [-0.39, 0.29) is 10.8 Å². The van der Waals surface area contributed by atoms with Crippen molar-refractivity contribution in [1.29, 1.82) is 0 Å². The van der Waals surface area contributed by atoms with Crippen LogP contribution in [0.3, 0.4) is 0 Å². The first kappa shape index (κ1) is 20.1. The van der Waals surface area contributed by atoms with Crippen molar-refractivity contribution in [3.05, 3.63) is 53.6 Å². The zero-order valence-corrected chi connectivity index (χ0v) is 17.2. The molecule has 0 spiro atoms. The highest BCUT2D eigenvalue weighted by atomic mass is 32.2. The van der Waals surface area contributed by atoms with Gasteiger partial charge >= 0.3 is 0 Å². The summed E-state index contributed by atoms with van der Waals surface area (Å²) in [6.45, 7) is 6.56. The first-order valence-corrected chi connectivity index (χ1v) is 10.9. The molecule has 7 heteroatoms. The normalized spacial score (nSPS) is 15.0. The Kier molecular flexibility index (Phi) is 5.84. The molecule has 0 unspecified atom stereocenters. The number of carbonyl (C=O) groups is 1. The summed E-state index contributed by atoms with van der Waals surface area (Å²) >= 11 is 0. The first-order valence-electron chi connectivity index (χ1n) is 9.49. The lowest BCUT2D eigenvalue weighted by Crippen LogP contribution is -2.36. The quantitative estimate of drug-likeness (QED) is 0.782. The molecule has 0 radical (unpaired) electrons. The number of sulfonamides is 1. The molecule has 0 saturated heterocycles. The first-order chi connectivity index (χ1) is 13.4. The van der Waals surface area contributed by atoms with Crippen LogP contribution in [0.5, 0.6) is 0 Å². The fourth-order valence-electron chi connectivity index (χ4n) is 3.24. The highest BCUT2D eigenvalue weighted by Crippen LogP contribution is 2.34. The Balaban J connectivity index is 1.96. The number of nitrogens with zero attached hydrogens (tertiary/aromatic N) is 2. The van der Waals surface area contributed by atoms with Gasteiger partial charge in [-0.3, -0.25) is 4.79 Å². The lowest BCUT2D eigenvalue weighted by molar-refractivity contribution is 0.102. The Hall–Kier alpha value is -2.67. The maximum Gasteiger partial charge on any atom is 0.286 e. The van der Waals surface area contributed by atoms with Crippen molar-refractivity contribution in [1.82, 2.24) is 0 Å². The highest BCUT2D eigenvalue weighted by Gasteiger charge is 2.30. The van der Waals surface area contributed by atoms with E-state index in [1.807, 2.05) is 30.9 Å². The Bertz CT molecular complexity index is 1030. The monoisotopic (exact) mass is 399 g/mol. The van der Waals surface area contributed by atoms with Crippen LogP contribution in [0.25, 0.3) is 0 Å². The van der Waals surface area contributed by atoms with Crippen LogP contribution in [0.1, 0.15) is 49.0 Å². The minimum Gasteiger partial charge on any atom is -0.328 e. The standard InChI is InChI=1S/C21H25N3O3S/c1-4-6-13-24-18-12-11-16(14-19(18)28(26,27)23-20(24)5-2)22-21(25)17-10-8-7-9-15(17)3/h7-12,14H,4-6,13H2,1-3H3,(H,22,25). The van der Waals surface area contributed by atoms with E-state index in [1.165, 1.54) is 6.07 Å². The van der Waals surface area contributed by atoms with Gasteiger partial charge in [-0.2, -0.15) is 8.42 Å². The van der Waals surface area contributed by atoms with Crippen LogP contribution in [0.2, 0.25) is 0 Å². The molecule has 1 aliphatic rings. The number of fused-ring (bicyclic) bond motifs is 1. The summed E-state index contributed by atoms with van der Waals surface area (Å²) in [5, 5.41) is 2.80. The number of hydrogen-bond donors (Lipinski definition) is 1. The van der Waals surface area contributed by atoms with E-state index in [0.717, 1.165) is 18.4 Å². The third kappa shape index (κ3) is 3.94. The number of amides is 1. The molecule has 1 heterocycles. The van der Waals surface area contributed by atoms with Gasteiger partial charge in [0.15, 0.2) is 0 Å². The number of nitrogens with one attached hydrogen (secondary N) is 1. The molecule has 2 aromatic carbocycles. The molecule has 148 valence electrons. The summed E-state index contributed by atoms with van der Waals surface area (Å²) in [6, 6.07) is 12.2. The van der Waals surface area contributed by atoms with Gasteiger partial charge in [0.25, 0.3) is 15.9 Å². The van der Waals surface area contributed by atoms with E-state index in [4.69, 9.17) is 0 Å². The molecular weight excluding hydrogens is 374 g/mol. The number of amidine groups is 1. The maximum atomic E-state index is 12.7. The summed E-state index contributed by atoms with van der Waals surface area (Å²) in [6.07, 6.45) is 2.47.